The summed E-state index contributed by atoms with van der Waals surface area (Å²) in [6.07, 6.45) is 1.30. The summed E-state index contributed by atoms with van der Waals surface area (Å²) in [5.74, 6) is -0.208. The first-order chi connectivity index (χ1) is 12.1. The average molecular weight is 340 g/mol. The Hall–Kier alpha value is -2.63. The van der Waals surface area contributed by atoms with Crippen LogP contribution in [-0.4, -0.2) is 41.1 Å². The Morgan fingerprint density at radius 3 is 2.68 bits per heavy atom. The fourth-order valence-corrected chi connectivity index (χ4v) is 3.45. The number of hydrogen-bond donors (Lipinski definition) is 1. The lowest BCUT2D eigenvalue weighted by Crippen LogP contribution is -2.38. The summed E-state index contributed by atoms with van der Waals surface area (Å²) < 4.78 is 0. The molecule has 0 saturated carbocycles. The van der Waals surface area contributed by atoms with Crippen molar-refractivity contribution in [3.63, 3.8) is 0 Å². The minimum absolute atomic E-state index is 0.208. The lowest BCUT2D eigenvalue weighted by molar-refractivity contribution is 0.0748. The monoisotopic (exact) mass is 340 g/mol. The molecule has 0 fully saturated rings. The number of carbonyl (C=O) groups excluding carboxylic acids is 1. The highest BCUT2D eigenvalue weighted by molar-refractivity contribution is 5.95. The third-order valence-electron chi connectivity index (χ3n) is 4.83. The number of rotatable bonds is 3. The van der Waals surface area contributed by atoms with Gasteiger partial charge in [0.25, 0.3) is 11.5 Å². The molecule has 0 saturated heterocycles. The SMILES string of the molecule is CCc1n[nH]c(=O)c(C(=O)N2CCN(C)c3ccccc3C2)c1CC. The largest absolute Gasteiger partial charge is 0.373 e. The van der Waals surface area contributed by atoms with Gasteiger partial charge >= 0.3 is 0 Å². The molecule has 1 amide bonds. The molecule has 2 aromatic rings. The number of nitrogens with zero attached hydrogens (tertiary/aromatic N) is 3. The molecular formula is C19H24N4O2. The highest BCUT2D eigenvalue weighted by Gasteiger charge is 2.26. The summed E-state index contributed by atoms with van der Waals surface area (Å²) >= 11 is 0. The fourth-order valence-electron chi connectivity index (χ4n) is 3.45. The molecule has 3 rings (SSSR count). The van der Waals surface area contributed by atoms with Gasteiger partial charge in [-0.2, -0.15) is 5.10 Å². The molecule has 132 valence electrons. The van der Waals surface area contributed by atoms with E-state index in [1.165, 1.54) is 0 Å². The first-order valence-corrected chi connectivity index (χ1v) is 8.75. The van der Waals surface area contributed by atoms with Crippen LogP contribution >= 0.6 is 0 Å². The molecule has 1 N–H and O–H groups in total. The lowest BCUT2D eigenvalue weighted by Gasteiger charge is -2.22. The number of H-pyrrole nitrogens is 1. The number of benzene rings is 1. The van der Waals surface area contributed by atoms with Crippen LogP contribution in [0.25, 0.3) is 0 Å². The fraction of sp³-hybridized carbons (Fsp3) is 0.421. The van der Waals surface area contributed by atoms with Crippen LogP contribution in [0.5, 0.6) is 0 Å². The first-order valence-electron chi connectivity index (χ1n) is 8.75. The smallest absolute Gasteiger partial charge is 0.277 e. The van der Waals surface area contributed by atoms with Crippen molar-refractivity contribution >= 4 is 11.6 Å². The minimum atomic E-state index is -0.398. The van der Waals surface area contributed by atoms with Crippen molar-refractivity contribution in [2.75, 3.05) is 25.0 Å². The highest BCUT2D eigenvalue weighted by atomic mass is 16.2. The number of carbonyl (C=O) groups is 1. The van der Waals surface area contributed by atoms with Crippen LogP contribution in [0.2, 0.25) is 0 Å². The van der Waals surface area contributed by atoms with Crippen LogP contribution in [0.1, 0.15) is 41.0 Å². The second kappa shape index (κ2) is 7.09. The summed E-state index contributed by atoms with van der Waals surface area (Å²) in [6.45, 7) is 5.75. The lowest BCUT2D eigenvalue weighted by atomic mass is 10.0. The van der Waals surface area contributed by atoms with Gasteiger partial charge in [-0.1, -0.05) is 32.0 Å². The van der Waals surface area contributed by atoms with Crippen molar-refractivity contribution in [1.29, 1.82) is 0 Å². The van der Waals surface area contributed by atoms with Gasteiger partial charge in [-0.25, -0.2) is 5.10 Å². The molecule has 0 spiro atoms. The van der Waals surface area contributed by atoms with E-state index in [2.05, 4.69) is 21.2 Å². The predicted molar refractivity (Wildman–Crippen MR) is 98.1 cm³/mol. The van der Waals surface area contributed by atoms with Gasteiger partial charge in [0.1, 0.15) is 5.56 Å². The molecule has 2 heterocycles. The van der Waals surface area contributed by atoms with Gasteiger partial charge in [0.05, 0.1) is 5.69 Å². The number of aromatic nitrogens is 2. The second-order valence-electron chi connectivity index (χ2n) is 6.34. The number of aromatic amines is 1. The summed E-state index contributed by atoms with van der Waals surface area (Å²) in [6, 6.07) is 8.08. The molecule has 1 aromatic carbocycles. The molecule has 6 nitrogen and oxygen atoms in total. The number of hydrogen-bond acceptors (Lipinski definition) is 4. The van der Waals surface area contributed by atoms with Gasteiger partial charge in [0.2, 0.25) is 0 Å². The molecule has 0 atom stereocenters. The zero-order chi connectivity index (χ0) is 18.0. The van der Waals surface area contributed by atoms with E-state index in [4.69, 9.17) is 0 Å². The maximum Gasteiger partial charge on any atom is 0.277 e. The number of nitrogens with one attached hydrogen (secondary N) is 1. The Balaban J connectivity index is 2.01. The number of anilines is 1. The van der Waals surface area contributed by atoms with E-state index in [1.54, 1.807) is 4.90 Å². The Morgan fingerprint density at radius 2 is 1.96 bits per heavy atom. The van der Waals surface area contributed by atoms with Gasteiger partial charge in [-0.05, 0) is 30.0 Å². The van der Waals surface area contributed by atoms with E-state index in [0.717, 1.165) is 29.1 Å². The van der Waals surface area contributed by atoms with Crippen LogP contribution in [0.4, 0.5) is 5.69 Å². The third-order valence-corrected chi connectivity index (χ3v) is 4.83. The Morgan fingerprint density at radius 1 is 1.20 bits per heavy atom. The maximum absolute atomic E-state index is 13.2. The van der Waals surface area contributed by atoms with E-state index >= 15 is 0 Å². The zero-order valence-electron chi connectivity index (χ0n) is 15.0. The molecule has 0 unspecified atom stereocenters. The first kappa shape index (κ1) is 17.2. The van der Waals surface area contributed by atoms with Crippen molar-refractivity contribution in [3.8, 4) is 0 Å². The second-order valence-corrected chi connectivity index (χ2v) is 6.34. The predicted octanol–water partition coefficient (Wildman–Crippen LogP) is 1.99. The molecule has 1 aromatic heterocycles. The van der Waals surface area contributed by atoms with E-state index in [9.17, 15) is 9.59 Å². The molecule has 0 aliphatic carbocycles. The Kier molecular flexibility index (Phi) is 4.88. The summed E-state index contributed by atoms with van der Waals surface area (Å²) in [4.78, 5) is 29.5. The molecule has 1 aliphatic rings. The molecule has 25 heavy (non-hydrogen) atoms. The number of fused-ring (bicyclic) bond motifs is 1. The van der Waals surface area contributed by atoms with Gasteiger partial charge in [-0.3, -0.25) is 9.59 Å². The van der Waals surface area contributed by atoms with Crippen LogP contribution in [0.15, 0.2) is 29.1 Å². The normalized spacial score (nSPS) is 14.2. The van der Waals surface area contributed by atoms with Crippen LogP contribution in [-0.2, 0) is 19.4 Å². The van der Waals surface area contributed by atoms with Crippen LogP contribution in [0.3, 0.4) is 0 Å². The quantitative estimate of drug-likeness (QED) is 0.928. The molecule has 6 heteroatoms. The minimum Gasteiger partial charge on any atom is -0.373 e. The molecule has 0 radical (unpaired) electrons. The van der Waals surface area contributed by atoms with E-state index in [1.807, 2.05) is 39.1 Å². The maximum atomic E-state index is 13.2. The number of amides is 1. The van der Waals surface area contributed by atoms with Gasteiger partial charge in [0.15, 0.2) is 0 Å². The zero-order valence-corrected chi connectivity index (χ0v) is 15.0. The van der Waals surface area contributed by atoms with Crippen LogP contribution in [0, 0.1) is 0 Å². The van der Waals surface area contributed by atoms with E-state index in [0.29, 0.717) is 25.9 Å². The molecular weight excluding hydrogens is 316 g/mol. The van der Waals surface area contributed by atoms with Crippen LogP contribution < -0.4 is 10.5 Å². The molecule has 1 aliphatic heterocycles. The average Bonchev–Trinajstić information content (AvgIpc) is 2.80. The summed E-state index contributed by atoms with van der Waals surface area (Å²) in [5, 5.41) is 6.60. The number of para-hydroxylation sites is 1. The Bertz CT molecular complexity index is 844. The number of likely N-dealkylation sites (N-methyl/N-ethyl adjacent to an activating group) is 1. The topological polar surface area (TPSA) is 69.3 Å². The van der Waals surface area contributed by atoms with Crippen molar-refractivity contribution in [2.45, 2.75) is 33.2 Å². The molecule has 0 bridgehead atoms. The van der Waals surface area contributed by atoms with Gasteiger partial charge < -0.3 is 9.80 Å². The van der Waals surface area contributed by atoms with Crippen molar-refractivity contribution < 1.29 is 4.79 Å². The van der Waals surface area contributed by atoms with Gasteiger partial charge in [-0.15, -0.1) is 0 Å². The standard InChI is InChI=1S/C19H24N4O2/c1-4-14-15(5-2)20-21-18(24)17(14)19(25)23-11-10-22(3)16-9-7-6-8-13(16)12-23/h6-9H,4-5,10-12H2,1-3H3,(H,21,24). The number of aryl methyl sites for hydroxylation is 1. The summed E-state index contributed by atoms with van der Waals surface area (Å²) in [5.41, 5.74) is 3.63. The highest BCUT2D eigenvalue weighted by Crippen LogP contribution is 2.24. The summed E-state index contributed by atoms with van der Waals surface area (Å²) in [7, 11) is 2.03. The Labute approximate surface area is 147 Å². The van der Waals surface area contributed by atoms with Crippen molar-refractivity contribution in [3.05, 3.63) is 57.0 Å². The van der Waals surface area contributed by atoms with E-state index in [-0.39, 0.29) is 11.5 Å². The van der Waals surface area contributed by atoms with Crippen molar-refractivity contribution in [1.82, 2.24) is 15.1 Å². The van der Waals surface area contributed by atoms with Gasteiger partial charge in [0, 0.05) is 32.4 Å². The van der Waals surface area contributed by atoms with Crippen molar-refractivity contribution in [2.24, 2.45) is 0 Å². The van der Waals surface area contributed by atoms with E-state index < -0.39 is 5.56 Å². The third kappa shape index (κ3) is 3.16.